The first kappa shape index (κ1) is 14.8. The lowest BCUT2D eigenvalue weighted by Gasteiger charge is -2.28. The van der Waals surface area contributed by atoms with Crippen molar-refractivity contribution in [3.8, 4) is 0 Å². The number of hydrogen-bond donors (Lipinski definition) is 0. The van der Waals surface area contributed by atoms with Crippen molar-refractivity contribution >= 4 is 28.9 Å². The van der Waals surface area contributed by atoms with Crippen molar-refractivity contribution in [1.82, 2.24) is 4.90 Å². The SMILES string of the molecule is COC(=O)c1cc(Cl)c(CCC2CCN(C)CC2)s1. The number of ether oxygens (including phenoxy) is 1. The van der Waals surface area contributed by atoms with E-state index in [-0.39, 0.29) is 5.97 Å². The molecule has 5 heteroatoms. The van der Waals surface area contributed by atoms with E-state index >= 15 is 0 Å². The van der Waals surface area contributed by atoms with Gasteiger partial charge >= 0.3 is 5.97 Å². The Morgan fingerprint density at radius 2 is 2.21 bits per heavy atom. The van der Waals surface area contributed by atoms with Gasteiger partial charge in [-0.3, -0.25) is 0 Å². The van der Waals surface area contributed by atoms with Crippen molar-refractivity contribution in [3.63, 3.8) is 0 Å². The van der Waals surface area contributed by atoms with Gasteiger partial charge in [0.2, 0.25) is 0 Å². The van der Waals surface area contributed by atoms with Crippen LogP contribution in [-0.2, 0) is 11.2 Å². The molecular weight excluding hydrogens is 282 g/mol. The van der Waals surface area contributed by atoms with Gasteiger partial charge in [0.1, 0.15) is 4.88 Å². The molecule has 2 heterocycles. The maximum absolute atomic E-state index is 11.4. The zero-order valence-corrected chi connectivity index (χ0v) is 13.0. The minimum Gasteiger partial charge on any atom is -0.465 e. The summed E-state index contributed by atoms with van der Waals surface area (Å²) >= 11 is 7.65. The van der Waals surface area contributed by atoms with Crippen molar-refractivity contribution in [2.75, 3.05) is 27.2 Å². The molecule has 2 rings (SSSR count). The summed E-state index contributed by atoms with van der Waals surface area (Å²) in [5, 5.41) is 0.707. The van der Waals surface area contributed by atoms with Crippen molar-refractivity contribution in [2.45, 2.75) is 25.7 Å². The lowest BCUT2D eigenvalue weighted by molar-refractivity contribution is 0.0606. The van der Waals surface area contributed by atoms with E-state index in [0.717, 1.165) is 23.6 Å². The van der Waals surface area contributed by atoms with Gasteiger partial charge in [-0.25, -0.2) is 4.79 Å². The molecule has 1 aromatic heterocycles. The topological polar surface area (TPSA) is 29.5 Å². The number of nitrogens with zero attached hydrogens (tertiary/aromatic N) is 1. The van der Waals surface area contributed by atoms with Crippen molar-refractivity contribution in [2.24, 2.45) is 5.92 Å². The number of carbonyl (C=O) groups excluding carboxylic acids is 1. The van der Waals surface area contributed by atoms with Gasteiger partial charge in [0, 0.05) is 4.88 Å². The van der Waals surface area contributed by atoms with Gasteiger partial charge in [0.15, 0.2) is 0 Å². The smallest absolute Gasteiger partial charge is 0.348 e. The predicted molar refractivity (Wildman–Crippen MR) is 79.2 cm³/mol. The van der Waals surface area contributed by atoms with Crippen LogP contribution in [0, 0.1) is 5.92 Å². The van der Waals surface area contributed by atoms with E-state index in [2.05, 4.69) is 11.9 Å². The molecule has 0 radical (unpaired) electrons. The second kappa shape index (κ2) is 6.73. The van der Waals surface area contributed by atoms with Crippen molar-refractivity contribution in [3.05, 3.63) is 20.8 Å². The number of piperidine rings is 1. The Hall–Kier alpha value is -0.580. The van der Waals surface area contributed by atoms with E-state index in [4.69, 9.17) is 16.3 Å². The highest BCUT2D eigenvalue weighted by molar-refractivity contribution is 7.14. The number of hydrogen-bond acceptors (Lipinski definition) is 4. The van der Waals surface area contributed by atoms with Gasteiger partial charge in [0.05, 0.1) is 12.1 Å². The van der Waals surface area contributed by atoms with Gasteiger partial charge in [-0.2, -0.15) is 0 Å². The number of carbonyl (C=O) groups is 1. The number of aryl methyl sites for hydroxylation is 1. The molecule has 0 bridgehead atoms. The highest BCUT2D eigenvalue weighted by Crippen LogP contribution is 2.31. The molecule has 106 valence electrons. The Morgan fingerprint density at radius 3 is 2.84 bits per heavy atom. The van der Waals surface area contributed by atoms with Crippen LogP contribution in [0.25, 0.3) is 0 Å². The van der Waals surface area contributed by atoms with Crippen molar-refractivity contribution in [1.29, 1.82) is 0 Å². The summed E-state index contributed by atoms with van der Waals surface area (Å²) in [6.07, 6.45) is 4.66. The maximum Gasteiger partial charge on any atom is 0.348 e. The summed E-state index contributed by atoms with van der Waals surface area (Å²) in [7, 11) is 3.57. The fourth-order valence-corrected chi connectivity index (χ4v) is 3.83. The van der Waals surface area contributed by atoms with Crippen LogP contribution in [0.15, 0.2) is 6.07 Å². The summed E-state index contributed by atoms with van der Waals surface area (Å²) in [6.45, 7) is 2.38. The largest absolute Gasteiger partial charge is 0.465 e. The molecule has 0 saturated carbocycles. The Balaban J connectivity index is 1.89. The molecule has 1 aliphatic rings. The van der Waals surface area contributed by atoms with Crippen LogP contribution in [0.1, 0.15) is 33.8 Å². The third-order valence-corrected chi connectivity index (χ3v) is 5.39. The van der Waals surface area contributed by atoms with E-state index in [1.807, 2.05) is 0 Å². The summed E-state index contributed by atoms with van der Waals surface area (Å²) in [6, 6.07) is 1.72. The average molecular weight is 302 g/mol. The first-order valence-electron chi connectivity index (χ1n) is 6.65. The average Bonchev–Trinajstić information content (AvgIpc) is 2.79. The van der Waals surface area contributed by atoms with E-state index in [1.165, 1.54) is 44.4 Å². The third-order valence-electron chi connectivity index (χ3n) is 3.76. The van der Waals surface area contributed by atoms with Gasteiger partial charge in [-0.1, -0.05) is 11.6 Å². The Kier molecular flexibility index (Phi) is 5.25. The number of halogens is 1. The number of thiophene rings is 1. The lowest BCUT2D eigenvalue weighted by atomic mass is 9.92. The Morgan fingerprint density at radius 1 is 1.53 bits per heavy atom. The van der Waals surface area contributed by atoms with E-state index in [1.54, 1.807) is 6.07 Å². The molecule has 0 aliphatic carbocycles. The monoisotopic (exact) mass is 301 g/mol. The van der Waals surface area contributed by atoms with Crippen LogP contribution in [0.2, 0.25) is 5.02 Å². The van der Waals surface area contributed by atoms with Crippen LogP contribution >= 0.6 is 22.9 Å². The zero-order chi connectivity index (χ0) is 13.8. The molecule has 1 saturated heterocycles. The summed E-state index contributed by atoms with van der Waals surface area (Å²) in [5.74, 6) is 0.494. The predicted octanol–water partition coefficient (Wildman–Crippen LogP) is 3.46. The minimum absolute atomic E-state index is 0.294. The molecule has 0 N–H and O–H groups in total. The van der Waals surface area contributed by atoms with Crippen LogP contribution in [0.3, 0.4) is 0 Å². The highest BCUT2D eigenvalue weighted by Gasteiger charge is 2.19. The molecule has 0 unspecified atom stereocenters. The number of likely N-dealkylation sites (tertiary alicyclic amines) is 1. The molecule has 1 aromatic rings. The Bertz CT molecular complexity index is 439. The van der Waals surface area contributed by atoms with Crippen LogP contribution in [0.4, 0.5) is 0 Å². The number of esters is 1. The molecule has 19 heavy (non-hydrogen) atoms. The fraction of sp³-hybridized carbons (Fsp3) is 0.643. The number of rotatable bonds is 4. The van der Waals surface area contributed by atoms with Crippen LogP contribution < -0.4 is 0 Å². The third kappa shape index (κ3) is 3.94. The van der Waals surface area contributed by atoms with E-state index in [9.17, 15) is 4.79 Å². The molecule has 0 amide bonds. The van der Waals surface area contributed by atoms with Gasteiger partial charge in [-0.15, -0.1) is 11.3 Å². The van der Waals surface area contributed by atoms with Gasteiger partial charge in [-0.05, 0) is 57.8 Å². The fourth-order valence-electron chi connectivity index (χ4n) is 2.46. The van der Waals surface area contributed by atoms with Gasteiger partial charge in [0.25, 0.3) is 0 Å². The standard InChI is InChI=1S/C14H20ClNO2S/c1-16-7-5-10(6-8-16)3-4-12-11(15)9-13(19-12)14(17)18-2/h9-10H,3-8H2,1-2H3. The molecule has 0 atom stereocenters. The maximum atomic E-state index is 11.4. The second-order valence-electron chi connectivity index (χ2n) is 5.16. The molecule has 1 fully saturated rings. The van der Waals surface area contributed by atoms with Crippen LogP contribution in [-0.4, -0.2) is 38.1 Å². The van der Waals surface area contributed by atoms with Crippen molar-refractivity contribution < 1.29 is 9.53 Å². The van der Waals surface area contributed by atoms with E-state index in [0.29, 0.717) is 9.90 Å². The molecule has 0 spiro atoms. The summed E-state index contributed by atoms with van der Waals surface area (Å²) in [5.41, 5.74) is 0. The minimum atomic E-state index is -0.294. The quantitative estimate of drug-likeness (QED) is 0.798. The lowest BCUT2D eigenvalue weighted by Crippen LogP contribution is -2.30. The summed E-state index contributed by atoms with van der Waals surface area (Å²) in [4.78, 5) is 15.5. The normalized spacial score (nSPS) is 17.6. The molecule has 0 aromatic carbocycles. The Labute approximate surface area is 123 Å². The second-order valence-corrected chi connectivity index (χ2v) is 6.70. The molecule has 3 nitrogen and oxygen atoms in total. The summed E-state index contributed by atoms with van der Waals surface area (Å²) < 4.78 is 4.72. The zero-order valence-electron chi connectivity index (χ0n) is 11.4. The first-order chi connectivity index (χ1) is 9.10. The molecular formula is C14H20ClNO2S. The first-order valence-corrected chi connectivity index (χ1v) is 7.84. The van der Waals surface area contributed by atoms with Crippen LogP contribution in [0.5, 0.6) is 0 Å². The molecule has 1 aliphatic heterocycles. The van der Waals surface area contributed by atoms with E-state index < -0.39 is 0 Å². The number of methoxy groups -OCH3 is 1. The van der Waals surface area contributed by atoms with Gasteiger partial charge < -0.3 is 9.64 Å². The highest BCUT2D eigenvalue weighted by atomic mass is 35.5.